The molecule has 0 radical (unpaired) electrons. The van der Waals surface area contributed by atoms with E-state index in [4.69, 9.17) is 5.11 Å². The van der Waals surface area contributed by atoms with Crippen LogP contribution in [-0.2, 0) is 0 Å². The largest absolute Gasteiger partial charge is 0.394 e. The van der Waals surface area contributed by atoms with Gasteiger partial charge in [0, 0.05) is 6.54 Å². The standard InChI is InChI=1S/C19H25N3O4/c1-12-8-9-15(20-10-16(24)19(26)17(25)11-23)18(13(12)2)22-21-14-6-4-3-5-7-14/h3-9,16-17,19-20,23-26H,10-11H2,1-2H3/t16-,17+,19-/m0/s1. The number of aryl methyl sites for hydroxylation is 1. The van der Waals surface area contributed by atoms with E-state index >= 15 is 0 Å². The Bertz CT molecular complexity index is 737. The van der Waals surface area contributed by atoms with Crippen LogP contribution < -0.4 is 5.32 Å². The number of hydrogen-bond donors (Lipinski definition) is 5. The second-order valence-corrected chi connectivity index (χ2v) is 6.13. The second kappa shape index (κ2) is 9.40. The minimum atomic E-state index is -1.45. The van der Waals surface area contributed by atoms with Crippen molar-refractivity contribution < 1.29 is 20.4 Å². The van der Waals surface area contributed by atoms with Crippen LogP contribution in [-0.4, -0.2) is 51.9 Å². The maximum Gasteiger partial charge on any atom is 0.112 e. The molecule has 0 aromatic heterocycles. The van der Waals surface area contributed by atoms with Gasteiger partial charge in [0.2, 0.25) is 0 Å². The monoisotopic (exact) mass is 359 g/mol. The van der Waals surface area contributed by atoms with Crippen LogP contribution in [0.3, 0.4) is 0 Å². The molecular weight excluding hydrogens is 334 g/mol. The Morgan fingerprint density at radius 3 is 2.27 bits per heavy atom. The van der Waals surface area contributed by atoms with Crippen molar-refractivity contribution >= 4 is 17.1 Å². The molecule has 7 nitrogen and oxygen atoms in total. The van der Waals surface area contributed by atoms with Crippen molar-refractivity contribution in [3.05, 3.63) is 53.6 Å². The molecule has 0 fully saturated rings. The fraction of sp³-hybridized carbons (Fsp3) is 0.368. The minimum absolute atomic E-state index is 0.0193. The van der Waals surface area contributed by atoms with Crippen molar-refractivity contribution in [3.63, 3.8) is 0 Å². The van der Waals surface area contributed by atoms with Crippen LogP contribution >= 0.6 is 0 Å². The molecule has 0 saturated heterocycles. The van der Waals surface area contributed by atoms with Crippen LogP contribution in [0.4, 0.5) is 17.1 Å². The maximum absolute atomic E-state index is 9.97. The van der Waals surface area contributed by atoms with Gasteiger partial charge in [0.05, 0.1) is 24.1 Å². The van der Waals surface area contributed by atoms with Gasteiger partial charge in [0.15, 0.2) is 0 Å². The molecule has 2 rings (SSSR count). The highest BCUT2D eigenvalue weighted by molar-refractivity contribution is 5.70. The minimum Gasteiger partial charge on any atom is -0.394 e. The van der Waals surface area contributed by atoms with Gasteiger partial charge in [0.1, 0.15) is 17.9 Å². The van der Waals surface area contributed by atoms with Gasteiger partial charge in [-0.1, -0.05) is 24.3 Å². The van der Waals surface area contributed by atoms with Gasteiger partial charge in [-0.3, -0.25) is 0 Å². The quantitative estimate of drug-likeness (QED) is 0.463. The van der Waals surface area contributed by atoms with Gasteiger partial charge in [0.25, 0.3) is 0 Å². The van der Waals surface area contributed by atoms with E-state index in [1.54, 1.807) is 0 Å². The predicted molar refractivity (Wildman–Crippen MR) is 100 cm³/mol. The third kappa shape index (κ3) is 5.09. The van der Waals surface area contributed by atoms with Gasteiger partial charge >= 0.3 is 0 Å². The molecule has 0 aliphatic rings. The molecule has 26 heavy (non-hydrogen) atoms. The third-order valence-corrected chi connectivity index (χ3v) is 4.20. The molecule has 0 unspecified atom stereocenters. The predicted octanol–water partition coefficient (Wildman–Crippen LogP) is 2.21. The normalized spacial score (nSPS) is 15.0. The molecule has 140 valence electrons. The number of rotatable bonds is 8. The molecule has 0 saturated carbocycles. The molecule has 2 aromatic carbocycles. The van der Waals surface area contributed by atoms with Crippen molar-refractivity contribution in [2.45, 2.75) is 32.2 Å². The van der Waals surface area contributed by atoms with E-state index in [2.05, 4.69) is 15.5 Å². The second-order valence-electron chi connectivity index (χ2n) is 6.13. The summed E-state index contributed by atoms with van der Waals surface area (Å²) in [5.41, 5.74) is 4.01. The number of hydrogen-bond acceptors (Lipinski definition) is 7. The Labute approximate surface area is 152 Å². The number of aliphatic hydroxyl groups is 4. The topological polar surface area (TPSA) is 118 Å². The van der Waals surface area contributed by atoms with Crippen LogP contribution in [0.5, 0.6) is 0 Å². The van der Waals surface area contributed by atoms with Crippen LogP contribution in [0.2, 0.25) is 0 Å². The molecule has 0 spiro atoms. The Hall–Kier alpha value is -2.32. The number of anilines is 1. The van der Waals surface area contributed by atoms with Crippen molar-refractivity contribution in [2.24, 2.45) is 10.2 Å². The number of nitrogens with zero attached hydrogens (tertiary/aromatic N) is 2. The molecule has 0 heterocycles. The zero-order chi connectivity index (χ0) is 19.1. The molecular formula is C19H25N3O4. The molecule has 0 aliphatic heterocycles. The summed E-state index contributed by atoms with van der Waals surface area (Å²) >= 11 is 0. The van der Waals surface area contributed by atoms with Gasteiger partial charge in [-0.05, 0) is 43.2 Å². The maximum atomic E-state index is 9.97. The smallest absolute Gasteiger partial charge is 0.112 e. The molecule has 5 N–H and O–H groups in total. The number of aliphatic hydroxyl groups excluding tert-OH is 4. The van der Waals surface area contributed by atoms with Gasteiger partial charge in [-0.15, -0.1) is 5.11 Å². The Balaban J connectivity index is 2.18. The lowest BCUT2D eigenvalue weighted by Crippen LogP contribution is -2.42. The lowest BCUT2D eigenvalue weighted by Gasteiger charge is -2.22. The fourth-order valence-electron chi connectivity index (χ4n) is 2.37. The summed E-state index contributed by atoms with van der Waals surface area (Å²) in [6.07, 6.45) is -4.10. The first-order valence-electron chi connectivity index (χ1n) is 8.40. The first-order valence-corrected chi connectivity index (χ1v) is 8.40. The molecule has 0 aliphatic carbocycles. The summed E-state index contributed by atoms with van der Waals surface area (Å²) in [6.45, 7) is 3.25. The van der Waals surface area contributed by atoms with E-state index in [-0.39, 0.29) is 6.54 Å². The van der Waals surface area contributed by atoms with E-state index in [0.717, 1.165) is 16.8 Å². The third-order valence-electron chi connectivity index (χ3n) is 4.20. The summed E-state index contributed by atoms with van der Waals surface area (Å²) in [4.78, 5) is 0. The number of benzene rings is 2. The first-order chi connectivity index (χ1) is 12.4. The lowest BCUT2D eigenvalue weighted by atomic mass is 10.1. The average molecular weight is 359 g/mol. The molecule has 0 amide bonds. The summed E-state index contributed by atoms with van der Waals surface area (Å²) in [7, 11) is 0. The van der Waals surface area contributed by atoms with Gasteiger partial charge in [-0.2, -0.15) is 5.11 Å². The summed E-state index contributed by atoms with van der Waals surface area (Å²) in [5.74, 6) is 0. The van der Waals surface area contributed by atoms with Crippen LogP contribution in [0.25, 0.3) is 0 Å². The van der Waals surface area contributed by atoms with Gasteiger partial charge in [-0.25, -0.2) is 0 Å². The highest BCUT2D eigenvalue weighted by Crippen LogP contribution is 2.32. The molecule has 2 aromatic rings. The Morgan fingerprint density at radius 1 is 0.923 bits per heavy atom. The Kier molecular flexibility index (Phi) is 7.23. The average Bonchev–Trinajstić information content (AvgIpc) is 2.67. The molecule has 3 atom stereocenters. The van der Waals surface area contributed by atoms with E-state index in [0.29, 0.717) is 11.4 Å². The van der Waals surface area contributed by atoms with Crippen LogP contribution in [0, 0.1) is 13.8 Å². The number of azo groups is 1. The molecule has 0 bridgehead atoms. The van der Waals surface area contributed by atoms with Crippen molar-refractivity contribution in [1.29, 1.82) is 0 Å². The van der Waals surface area contributed by atoms with E-state index in [9.17, 15) is 15.3 Å². The Morgan fingerprint density at radius 2 is 1.62 bits per heavy atom. The van der Waals surface area contributed by atoms with Crippen molar-refractivity contribution in [1.82, 2.24) is 0 Å². The summed E-state index contributed by atoms with van der Waals surface area (Å²) in [6, 6.07) is 13.1. The summed E-state index contributed by atoms with van der Waals surface area (Å²) in [5, 5.41) is 49.6. The zero-order valence-electron chi connectivity index (χ0n) is 14.9. The zero-order valence-corrected chi connectivity index (χ0v) is 14.9. The fourth-order valence-corrected chi connectivity index (χ4v) is 2.37. The highest BCUT2D eigenvalue weighted by Gasteiger charge is 2.24. The van der Waals surface area contributed by atoms with Crippen molar-refractivity contribution in [3.8, 4) is 0 Å². The first kappa shape index (κ1) is 20.0. The number of nitrogens with one attached hydrogen (secondary N) is 1. The van der Waals surface area contributed by atoms with Gasteiger partial charge < -0.3 is 25.7 Å². The van der Waals surface area contributed by atoms with E-state index in [1.807, 2.05) is 56.3 Å². The van der Waals surface area contributed by atoms with Crippen molar-refractivity contribution in [2.75, 3.05) is 18.5 Å². The van der Waals surface area contributed by atoms with E-state index in [1.165, 1.54) is 0 Å². The SMILES string of the molecule is Cc1ccc(NC[C@H](O)[C@H](O)[C@H](O)CO)c(N=Nc2ccccc2)c1C. The lowest BCUT2D eigenvalue weighted by molar-refractivity contribution is -0.0715. The van der Waals surface area contributed by atoms with Crippen LogP contribution in [0.1, 0.15) is 11.1 Å². The molecule has 7 heteroatoms. The highest BCUT2D eigenvalue weighted by atomic mass is 16.4. The van der Waals surface area contributed by atoms with E-state index < -0.39 is 24.9 Å². The summed E-state index contributed by atoms with van der Waals surface area (Å²) < 4.78 is 0. The van der Waals surface area contributed by atoms with Crippen LogP contribution in [0.15, 0.2) is 52.7 Å².